The molecule has 16 heavy (non-hydrogen) atoms. The third-order valence-corrected chi connectivity index (χ3v) is 2.94. The van der Waals surface area contributed by atoms with E-state index in [1.165, 1.54) is 5.56 Å². The van der Waals surface area contributed by atoms with Crippen molar-refractivity contribution < 1.29 is 12.9 Å². The van der Waals surface area contributed by atoms with E-state index in [1.807, 2.05) is 26.0 Å². The van der Waals surface area contributed by atoms with E-state index in [9.17, 15) is 4.21 Å². The van der Waals surface area contributed by atoms with E-state index in [0.717, 1.165) is 30.4 Å². The zero-order valence-corrected chi connectivity index (χ0v) is 10.8. The maximum absolute atomic E-state index is 10.7. The van der Waals surface area contributed by atoms with Gasteiger partial charge in [0, 0.05) is 0 Å². The molecule has 0 aliphatic rings. The molecule has 0 bridgehead atoms. The van der Waals surface area contributed by atoms with Gasteiger partial charge in [-0.2, -0.15) is 4.21 Å². The fraction of sp³-hybridized carbons (Fsp3) is 0.500. The Morgan fingerprint density at radius 2 is 1.62 bits per heavy atom. The van der Waals surface area contributed by atoms with Crippen molar-refractivity contribution in [2.75, 3.05) is 0 Å². The summed E-state index contributed by atoms with van der Waals surface area (Å²) in [6.07, 6.45) is 2.56. The molecule has 0 heterocycles. The highest BCUT2D eigenvalue weighted by Crippen LogP contribution is 2.28. The maximum atomic E-state index is 10.7. The lowest BCUT2D eigenvalue weighted by Gasteiger charge is -2.13. The van der Waals surface area contributed by atoms with Crippen molar-refractivity contribution in [2.45, 2.75) is 40.0 Å². The van der Waals surface area contributed by atoms with Crippen LogP contribution in [0.1, 0.15) is 37.5 Å². The average Bonchev–Trinajstić information content (AvgIpc) is 2.28. The number of rotatable bonds is 5. The minimum Gasteiger partial charge on any atom is -0.380 e. The minimum atomic E-state index is -2.25. The fourth-order valence-electron chi connectivity index (χ4n) is 1.73. The minimum absolute atomic E-state index is 0.572. The Morgan fingerprint density at radius 1 is 1.12 bits per heavy atom. The van der Waals surface area contributed by atoms with Crippen molar-refractivity contribution in [1.82, 2.24) is 0 Å². The van der Waals surface area contributed by atoms with E-state index < -0.39 is 11.4 Å². The third-order valence-electron chi connectivity index (χ3n) is 2.63. The Morgan fingerprint density at radius 3 is 1.94 bits per heavy atom. The van der Waals surface area contributed by atoms with Gasteiger partial charge in [0.2, 0.25) is 0 Å². The molecule has 0 saturated carbocycles. The molecule has 90 valence electrons. The summed E-state index contributed by atoms with van der Waals surface area (Å²) in [5.74, 6) is 0.572. The van der Waals surface area contributed by atoms with Crippen LogP contribution in [-0.4, -0.2) is 8.76 Å². The van der Waals surface area contributed by atoms with Gasteiger partial charge in [-0.05, 0) is 36.0 Å². The summed E-state index contributed by atoms with van der Waals surface area (Å²) in [5.41, 5.74) is 3.24. The van der Waals surface area contributed by atoms with Crippen LogP contribution in [0, 0.1) is 0 Å². The highest BCUT2D eigenvalue weighted by Gasteiger charge is 2.12. The number of aryl methyl sites for hydroxylation is 3. The molecule has 0 aliphatic heterocycles. The van der Waals surface area contributed by atoms with Crippen molar-refractivity contribution in [2.24, 2.45) is 0 Å². The quantitative estimate of drug-likeness (QED) is 0.808. The van der Waals surface area contributed by atoms with Crippen LogP contribution in [0.25, 0.3) is 0 Å². The smallest absolute Gasteiger partial charge is 0.357 e. The van der Waals surface area contributed by atoms with Gasteiger partial charge >= 0.3 is 11.4 Å². The van der Waals surface area contributed by atoms with Crippen molar-refractivity contribution >= 4 is 11.4 Å². The molecule has 0 fully saturated rings. The summed E-state index contributed by atoms with van der Waals surface area (Å²) in [6, 6.07) is 4.09. The molecule has 1 rings (SSSR count). The molecule has 1 atom stereocenters. The summed E-state index contributed by atoms with van der Waals surface area (Å²) >= 11 is -2.25. The second kappa shape index (κ2) is 6.01. The molecule has 0 aromatic heterocycles. The maximum Gasteiger partial charge on any atom is 0.357 e. The van der Waals surface area contributed by atoms with Crippen LogP contribution in [0.4, 0.5) is 0 Å². The molecule has 0 aliphatic carbocycles. The standard InChI is InChI=1S/C12H18O3S/c1-4-9-7-10(5-2)12(15-16(13)14)11(6-3)8-9/h7-8H,4-6H2,1-3H3,(H,13,14). The van der Waals surface area contributed by atoms with Crippen LogP contribution in [0.5, 0.6) is 5.75 Å². The van der Waals surface area contributed by atoms with Gasteiger partial charge in [-0.1, -0.05) is 32.9 Å². The third kappa shape index (κ3) is 3.06. The number of hydrogen-bond acceptors (Lipinski definition) is 2. The first kappa shape index (κ1) is 13.2. The van der Waals surface area contributed by atoms with Crippen LogP contribution in [0.15, 0.2) is 12.1 Å². The van der Waals surface area contributed by atoms with Gasteiger partial charge in [-0.25, -0.2) is 0 Å². The lowest BCUT2D eigenvalue weighted by atomic mass is 9.99. The lowest BCUT2D eigenvalue weighted by Crippen LogP contribution is -2.04. The molecule has 1 aromatic carbocycles. The molecule has 0 amide bonds. The Balaban J connectivity index is 3.25. The van der Waals surface area contributed by atoms with Gasteiger partial charge in [0.05, 0.1) is 0 Å². The molecule has 4 heteroatoms. The van der Waals surface area contributed by atoms with Gasteiger partial charge in [0.1, 0.15) is 5.75 Å². The van der Waals surface area contributed by atoms with E-state index in [-0.39, 0.29) is 0 Å². The predicted molar refractivity (Wildman–Crippen MR) is 66.0 cm³/mol. The Hall–Kier alpha value is -0.870. The molecule has 0 saturated heterocycles. The molecule has 0 radical (unpaired) electrons. The first-order valence-corrected chi connectivity index (χ1v) is 6.59. The summed E-state index contributed by atoms with van der Waals surface area (Å²) in [7, 11) is 0. The van der Waals surface area contributed by atoms with Crippen LogP contribution in [-0.2, 0) is 30.6 Å². The average molecular weight is 242 g/mol. The Bertz CT molecular complexity index is 363. The molecular weight excluding hydrogens is 224 g/mol. The highest BCUT2D eigenvalue weighted by molar-refractivity contribution is 7.74. The molecule has 3 nitrogen and oxygen atoms in total. The summed E-state index contributed by atoms with van der Waals surface area (Å²) in [4.78, 5) is 0. The van der Waals surface area contributed by atoms with Gasteiger partial charge < -0.3 is 4.18 Å². The van der Waals surface area contributed by atoms with Gasteiger partial charge in [-0.3, -0.25) is 4.55 Å². The molecular formula is C12H18O3S. The summed E-state index contributed by atoms with van der Waals surface area (Å²) < 4.78 is 24.6. The van der Waals surface area contributed by atoms with E-state index in [0.29, 0.717) is 5.75 Å². The van der Waals surface area contributed by atoms with Gasteiger partial charge in [0.15, 0.2) is 0 Å². The first-order valence-electron chi connectivity index (χ1n) is 5.56. The second-order valence-electron chi connectivity index (χ2n) is 3.60. The zero-order valence-electron chi connectivity index (χ0n) is 9.95. The van der Waals surface area contributed by atoms with E-state index in [4.69, 9.17) is 8.74 Å². The van der Waals surface area contributed by atoms with E-state index in [2.05, 4.69) is 6.92 Å². The van der Waals surface area contributed by atoms with Crippen LogP contribution in [0.2, 0.25) is 0 Å². The van der Waals surface area contributed by atoms with Gasteiger partial charge in [0.25, 0.3) is 0 Å². The monoisotopic (exact) mass is 242 g/mol. The largest absolute Gasteiger partial charge is 0.380 e. The number of benzene rings is 1. The van der Waals surface area contributed by atoms with E-state index in [1.54, 1.807) is 0 Å². The second-order valence-corrected chi connectivity index (χ2v) is 4.21. The fourth-order valence-corrected chi connectivity index (χ4v) is 2.09. The summed E-state index contributed by atoms with van der Waals surface area (Å²) in [6.45, 7) is 6.13. The van der Waals surface area contributed by atoms with Crippen LogP contribution < -0.4 is 4.18 Å². The normalized spacial score (nSPS) is 12.5. The SMILES string of the molecule is CCc1cc(CC)c(OS(=O)O)c(CC)c1. The topological polar surface area (TPSA) is 46.5 Å². The van der Waals surface area contributed by atoms with E-state index >= 15 is 0 Å². The Labute approximate surface area is 99.3 Å². The van der Waals surface area contributed by atoms with Crippen molar-refractivity contribution in [1.29, 1.82) is 0 Å². The van der Waals surface area contributed by atoms with Crippen molar-refractivity contribution in [3.05, 3.63) is 28.8 Å². The van der Waals surface area contributed by atoms with Crippen LogP contribution >= 0.6 is 0 Å². The van der Waals surface area contributed by atoms with Crippen molar-refractivity contribution in [3.63, 3.8) is 0 Å². The van der Waals surface area contributed by atoms with Crippen LogP contribution in [0.3, 0.4) is 0 Å². The first-order chi connectivity index (χ1) is 7.62. The molecule has 1 aromatic rings. The highest BCUT2D eigenvalue weighted by atomic mass is 32.2. The van der Waals surface area contributed by atoms with Crippen molar-refractivity contribution in [3.8, 4) is 5.75 Å². The summed E-state index contributed by atoms with van der Waals surface area (Å²) in [5, 5.41) is 0. The molecule has 1 N–H and O–H groups in total. The Kier molecular flexibility index (Phi) is 4.96. The molecule has 0 spiro atoms. The number of hydrogen-bond donors (Lipinski definition) is 1. The lowest BCUT2D eigenvalue weighted by molar-refractivity contribution is 0.453. The molecule has 1 unspecified atom stereocenters. The predicted octanol–water partition coefficient (Wildman–Crippen LogP) is 2.89. The van der Waals surface area contributed by atoms with Gasteiger partial charge in [-0.15, -0.1) is 0 Å². The zero-order chi connectivity index (χ0) is 12.1.